The van der Waals surface area contributed by atoms with Crippen molar-refractivity contribution in [3.63, 3.8) is 0 Å². The van der Waals surface area contributed by atoms with Crippen LogP contribution >= 0.6 is 0 Å². The Balaban J connectivity index is 2.83. The Morgan fingerprint density at radius 3 is 2.18 bits per heavy atom. The number of carbonyl (C=O) groups excluding carboxylic acids is 1. The van der Waals surface area contributed by atoms with Gasteiger partial charge in [-0.15, -0.1) is 0 Å². The Bertz CT molecular complexity index is 261. The van der Waals surface area contributed by atoms with E-state index in [4.69, 9.17) is 20.1 Å². The van der Waals surface area contributed by atoms with Gasteiger partial charge in [0.2, 0.25) is 5.91 Å². The maximum absolute atomic E-state index is 11.0. The third-order valence-corrected chi connectivity index (χ3v) is 2.97. The quantitative estimate of drug-likeness (QED) is 0.367. The predicted molar refractivity (Wildman–Crippen MR) is 57.0 cm³/mol. The van der Waals surface area contributed by atoms with Gasteiger partial charge in [-0.2, -0.15) is 0 Å². The molecule has 1 aliphatic rings. The van der Waals surface area contributed by atoms with Gasteiger partial charge >= 0.3 is 0 Å². The third-order valence-electron chi connectivity index (χ3n) is 2.97. The van der Waals surface area contributed by atoms with Gasteiger partial charge in [0.1, 0.15) is 6.10 Å². The second kappa shape index (κ2) is 6.27. The van der Waals surface area contributed by atoms with E-state index < -0.39 is 36.9 Å². The average Bonchev–Trinajstić information content (AvgIpc) is 2.30. The lowest BCUT2D eigenvalue weighted by molar-refractivity contribution is -0.186. The van der Waals surface area contributed by atoms with E-state index in [0.29, 0.717) is 0 Å². The van der Waals surface area contributed by atoms with Crippen LogP contribution in [0, 0.1) is 5.92 Å². The lowest BCUT2D eigenvalue weighted by atomic mass is 9.86. The van der Waals surface area contributed by atoms with E-state index in [-0.39, 0.29) is 19.1 Å². The van der Waals surface area contributed by atoms with Gasteiger partial charge in [-0.1, -0.05) is 0 Å². The minimum atomic E-state index is -1.08. The van der Waals surface area contributed by atoms with E-state index in [0.717, 1.165) is 0 Å². The van der Waals surface area contributed by atoms with E-state index in [9.17, 15) is 9.90 Å². The number of rotatable bonds is 4. The van der Waals surface area contributed by atoms with Crippen LogP contribution in [-0.4, -0.2) is 70.5 Å². The smallest absolute Gasteiger partial charge is 0.217 e. The first kappa shape index (κ1) is 14.3. The Labute approximate surface area is 99.0 Å². The second-order valence-corrected chi connectivity index (χ2v) is 4.14. The molecule has 0 radical (unpaired) electrons. The zero-order chi connectivity index (χ0) is 13.0. The highest BCUT2D eigenvalue weighted by Gasteiger charge is 2.44. The van der Waals surface area contributed by atoms with E-state index in [1.807, 2.05) is 0 Å². The van der Waals surface area contributed by atoms with Crippen LogP contribution < -0.4 is 5.32 Å². The van der Waals surface area contributed by atoms with Crippen molar-refractivity contribution in [3.8, 4) is 0 Å². The molecule has 0 saturated carbocycles. The topological polar surface area (TPSA) is 119 Å². The Hall–Kier alpha value is -0.730. The highest BCUT2D eigenvalue weighted by molar-refractivity contribution is 5.73. The monoisotopic (exact) mass is 249 g/mol. The number of amides is 1. The molecule has 0 spiro atoms. The van der Waals surface area contributed by atoms with Crippen molar-refractivity contribution in [2.75, 3.05) is 19.8 Å². The molecule has 5 N–H and O–H groups in total. The van der Waals surface area contributed by atoms with Crippen LogP contribution in [-0.2, 0) is 9.53 Å². The molecule has 5 unspecified atom stereocenters. The zero-order valence-electron chi connectivity index (χ0n) is 9.61. The first-order valence-electron chi connectivity index (χ1n) is 5.48. The molecule has 7 heteroatoms. The number of aliphatic hydroxyl groups excluding tert-OH is 4. The number of aliphatic hydroxyl groups is 4. The van der Waals surface area contributed by atoms with Crippen LogP contribution in [0.5, 0.6) is 0 Å². The number of carbonyl (C=O) groups is 1. The van der Waals surface area contributed by atoms with Gasteiger partial charge in [0.05, 0.1) is 38.1 Å². The molecule has 100 valence electrons. The van der Waals surface area contributed by atoms with Crippen molar-refractivity contribution >= 4 is 5.91 Å². The van der Waals surface area contributed by atoms with Crippen molar-refractivity contribution in [1.29, 1.82) is 0 Å². The van der Waals surface area contributed by atoms with E-state index >= 15 is 0 Å². The van der Waals surface area contributed by atoms with Crippen LogP contribution in [0.3, 0.4) is 0 Å². The van der Waals surface area contributed by atoms with Gasteiger partial charge in [0.15, 0.2) is 0 Å². The summed E-state index contributed by atoms with van der Waals surface area (Å²) in [7, 11) is 0. The zero-order valence-corrected chi connectivity index (χ0v) is 9.61. The van der Waals surface area contributed by atoms with Crippen LogP contribution in [0.25, 0.3) is 0 Å². The maximum atomic E-state index is 11.0. The van der Waals surface area contributed by atoms with Gasteiger partial charge in [-0.25, -0.2) is 0 Å². The van der Waals surface area contributed by atoms with Crippen LogP contribution in [0.1, 0.15) is 6.92 Å². The van der Waals surface area contributed by atoms with E-state index in [2.05, 4.69) is 5.32 Å². The number of ether oxygens (including phenoxy) is 1. The normalized spacial score (nSPS) is 37.8. The Kier molecular flexibility index (Phi) is 5.29. The van der Waals surface area contributed by atoms with Crippen LogP contribution in [0.15, 0.2) is 0 Å². The molecular formula is C10H19NO6. The highest BCUT2D eigenvalue weighted by Crippen LogP contribution is 2.25. The minimum Gasteiger partial charge on any atom is -0.396 e. The molecule has 1 heterocycles. The molecule has 1 aliphatic heterocycles. The first-order chi connectivity index (χ1) is 8.04. The fourth-order valence-corrected chi connectivity index (χ4v) is 2.09. The molecule has 0 aliphatic carbocycles. The number of hydrogen-bond donors (Lipinski definition) is 5. The van der Waals surface area contributed by atoms with Crippen molar-refractivity contribution in [1.82, 2.24) is 5.32 Å². The van der Waals surface area contributed by atoms with Crippen molar-refractivity contribution in [2.45, 2.75) is 31.3 Å². The summed E-state index contributed by atoms with van der Waals surface area (Å²) in [4.78, 5) is 11.0. The number of hydrogen-bond acceptors (Lipinski definition) is 6. The molecule has 1 rings (SSSR count). The summed E-state index contributed by atoms with van der Waals surface area (Å²) in [6, 6.07) is -0.794. The lowest BCUT2D eigenvalue weighted by Crippen LogP contribution is -2.63. The van der Waals surface area contributed by atoms with E-state index in [1.54, 1.807) is 0 Å². The minimum absolute atomic E-state index is 0.366. The molecule has 0 bridgehead atoms. The summed E-state index contributed by atoms with van der Waals surface area (Å²) in [5.74, 6) is -1.06. The first-order valence-corrected chi connectivity index (χ1v) is 5.48. The van der Waals surface area contributed by atoms with Gasteiger partial charge in [0.25, 0.3) is 0 Å². The summed E-state index contributed by atoms with van der Waals surface area (Å²) in [5.41, 5.74) is 0. The molecule has 1 amide bonds. The average molecular weight is 249 g/mol. The third kappa shape index (κ3) is 3.14. The molecule has 17 heavy (non-hydrogen) atoms. The fraction of sp³-hybridized carbons (Fsp3) is 0.900. The molecule has 1 saturated heterocycles. The standard InChI is InChI=1S/C10H19NO6/c1-5(15)11-9-8(4-14)17-7(3-13)6(2-12)10(9)16/h6-10,12-14,16H,2-4H2,1H3,(H,11,15). The highest BCUT2D eigenvalue weighted by atomic mass is 16.5. The molecule has 0 aromatic heterocycles. The van der Waals surface area contributed by atoms with Crippen molar-refractivity contribution in [3.05, 3.63) is 0 Å². The molecule has 5 atom stereocenters. The summed E-state index contributed by atoms with van der Waals surface area (Å²) in [5, 5.41) is 39.8. The fourth-order valence-electron chi connectivity index (χ4n) is 2.09. The van der Waals surface area contributed by atoms with Crippen molar-refractivity contribution in [2.24, 2.45) is 5.92 Å². The van der Waals surface area contributed by atoms with Gasteiger partial charge in [0, 0.05) is 12.8 Å². The van der Waals surface area contributed by atoms with E-state index in [1.165, 1.54) is 6.92 Å². The summed E-state index contributed by atoms with van der Waals surface area (Å²) >= 11 is 0. The van der Waals surface area contributed by atoms with Crippen molar-refractivity contribution < 1.29 is 30.0 Å². The maximum Gasteiger partial charge on any atom is 0.217 e. The Morgan fingerprint density at radius 1 is 1.18 bits per heavy atom. The molecule has 0 aromatic carbocycles. The van der Waals surface area contributed by atoms with Gasteiger partial charge in [-0.3, -0.25) is 4.79 Å². The summed E-state index contributed by atoms with van der Waals surface area (Å²) < 4.78 is 5.34. The predicted octanol–water partition coefficient (Wildman–Crippen LogP) is -2.79. The lowest BCUT2D eigenvalue weighted by Gasteiger charge is -2.43. The van der Waals surface area contributed by atoms with Crippen LogP contribution in [0.2, 0.25) is 0 Å². The van der Waals surface area contributed by atoms with Crippen LogP contribution in [0.4, 0.5) is 0 Å². The van der Waals surface area contributed by atoms with Gasteiger partial charge in [-0.05, 0) is 0 Å². The summed E-state index contributed by atoms with van der Waals surface area (Å²) in [6.07, 6.45) is -2.63. The largest absolute Gasteiger partial charge is 0.396 e. The molecule has 0 aromatic rings. The SMILES string of the molecule is CC(=O)NC1C(CO)OC(CO)C(CO)C1O. The molecule has 7 nitrogen and oxygen atoms in total. The number of nitrogens with one attached hydrogen (secondary N) is 1. The van der Waals surface area contributed by atoms with Gasteiger partial charge < -0.3 is 30.5 Å². The molecule has 1 fully saturated rings. The second-order valence-electron chi connectivity index (χ2n) is 4.14. The Morgan fingerprint density at radius 2 is 1.76 bits per heavy atom. The summed E-state index contributed by atoms with van der Waals surface area (Å²) in [6.45, 7) is 0.149. The molecular weight excluding hydrogens is 230 g/mol.